The Bertz CT molecular complexity index is 1100. The van der Waals surface area contributed by atoms with Crippen LogP contribution in [-0.2, 0) is 15.4 Å². The predicted octanol–water partition coefficient (Wildman–Crippen LogP) is 4.79. The first-order valence-corrected chi connectivity index (χ1v) is 11.1. The second-order valence-corrected chi connectivity index (χ2v) is 8.69. The SMILES string of the molecule is CCC(CC)(c1ccc(OC)c(F)c1)c1c[nH]c2c(NS(C)(=O)=O)cccc12. The zero-order chi connectivity index (χ0) is 20.5. The lowest BCUT2D eigenvalue weighted by Gasteiger charge is -2.33. The maximum absolute atomic E-state index is 14.4. The highest BCUT2D eigenvalue weighted by Crippen LogP contribution is 2.44. The summed E-state index contributed by atoms with van der Waals surface area (Å²) in [4.78, 5) is 3.21. The first-order valence-electron chi connectivity index (χ1n) is 9.18. The maximum atomic E-state index is 14.4. The van der Waals surface area contributed by atoms with E-state index in [0.29, 0.717) is 11.2 Å². The summed E-state index contributed by atoms with van der Waals surface area (Å²) in [6, 6.07) is 10.6. The molecule has 1 heterocycles. The lowest BCUT2D eigenvalue weighted by Crippen LogP contribution is -2.26. The van der Waals surface area contributed by atoms with Gasteiger partial charge < -0.3 is 9.72 Å². The number of rotatable bonds is 7. The van der Waals surface area contributed by atoms with E-state index < -0.39 is 21.3 Å². The molecule has 0 saturated carbocycles. The number of methoxy groups -OCH3 is 1. The number of ether oxygens (including phenoxy) is 1. The maximum Gasteiger partial charge on any atom is 0.229 e. The van der Waals surface area contributed by atoms with Crippen LogP contribution in [0.2, 0.25) is 0 Å². The van der Waals surface area contributed by atoms with Gasteiger partial charge in [0.2, 0.25) is 10.0 Å². The molecule has 0 radical (unpaired) electrons. The van der Waals surface area contributed by atoms with Crippen LogP contribution < -0.4 is 9.46 Å². The Hall–Kier alpha value is -2.54. The molecule has 0 spiro atoms. The molecule has 0 fully saturated rings. The topological polar surface area (TPSA) is 71.2 Å². The normalized spacial score (nSPS) is 12.3. The molecule has 0 aliphatic rings. The summed E-state index contributed by atoms with van der Waals surface area (Å²) in [6.07, 6.45) is 4.53. The van der Waals surface area contributed by atoms with Gasteiger partial charge in [0.15, 0.2) is 11.6 Å². The highest BCUT2D eigenvalue weighted by molar-refractivity contribution is 7.92. The average Bonchev–Trinajstić information content (AvgIpc) is 3.08. The fourth-order valence-electron chi connectivity index (χ4n) is 3.99. The Labute approximate surface area is 165 Å². The minimum atomic E-state index is -3.40. The molecule has 3 aromatic rings. The molecule has 0 bridgehead atoms. The zero-order valence-electron chi connectivity index (χ0n) is 16.5. The summed E-state index contributed by atoms with van der Waals surface area (Å²) in [5.74, 6) is -0.186. The van der Waals surface area contributed by atoms with Gasteiger partial charge in [-0.2, -0.15) is 0 Å². The molecule has 3 rings (SSSR count). The Morgan fingerprint density at radius 1 is 1.18 bits per heavy atom. The van der Waals surface area contributed by atoms with Gasteiger partial charge >= 0.3 is 0 Å². The average molecular weight is 405 g/mol. The van der Waals surface area contributed by atoms with Gasteiger partial charge in [0.1, 0.15) is 0 Å². The van der Waals surface area contributed by atoms with Crippen molar-refractivity contribution >= 4 is 26.6 Å². The summed E-state index contributed by atoms with van der Waals surface area (Å²) in [5.41, 5.74) is 2.65. The second kappa shape index (κ2) is 7.47. The molecule has 0 amide bonds. The first kappa shape index (κ1) is 20.2. The van der Waals surface area contributed by atoms with E-state index in [4.69, 9.17) is 4.74 Å². The van der Waals surface area contributed by atoms with Gasteiger partial charge in [0, 0.05) is 17.0 Å². The van der Waals surface area contributed by atoms with Crippen LogP contribution in [0.1, 0.15) is 37.8 Å². The van der Waals surface area contributed by atoms with E-state index in [0.717, 1.165) is 35.6 Å². The molecule has 2 N–H and O–H groups in total. The minimum Gasteiger partial charge on any atom is -0.494 e. The fraction of sp³-hybridized carbons (Fsp3) is 0.333. The van der Waals surface area contributed by atoms with Gasteiger partial charge in [0.25, 0.3) is 0 Å². The highest BCUT2D eigenvalue weighted by Gasteiger charge is 2.34. The number of hydrogen-bond acceptors (Lipinski definition) is 3. The smallest absolute Gasteiger partial charge is 0.229 e. The third kappa shape index (κ3) is 3.46. The molecule has 0 unspecified atom stereocenters. The van der Waals surface area contributed by atoms with E-state index in [1.807, 2.05) is 24.4 Å². The van der Waals surface area contributed by atoms with Crippen LogP contribution >= 0.6 is 0 Å². The van der Waals surface area contributed by atoms with E-state index in [1.54, 1.807) is 12.1 Å². The summed E-state index contributed by atoms with van der Waals surface area (Å²) in [5, 5.41) is 0.911. The first-order chi connectivity index (χ1) is 13.3. The van der Waals surface area contributed by atoms with Crippen molar-refractivity contribution in [2.45, 2.75) is 32.1 Å². The van der Waals surface area contributed by atoms with Gasteiger partial charge in [-0.1, -0.05) is 32.0 Å². The molecule has 7 heteroatoms. The highest BCUT2D eigenvalue weighted by atomic mass is 32.2. The number of H-pyrrole nitrogens is 1. The second-order valence-electron chi connectivity index (χ2n) is 6.94. The summed E-state index contributed by atoms with van der Waals surface area (Å²) in [6.45, 7) is 4.14. The number of para-hydroxylation sites is 1. The summed E-state index contributed by atoms with van der Waals surface area (Å²) in [7, 11) is -1.96. The van der Waals surface area contributed by atoms with Gasteiger partial charge in [-0.15, -0.1) is 0 Å². The molecule has 5 nitrogen and oxygen atoms in total. The van der Waals surface area contributed by atoms with E-state index in [1.165, 1.54) is 13.2 Å². The largest absolute Gasteiger partial charge is 0.494 e. The van der Waals surface area contributed by atoms with E-state index in [2.05, 4.69) is 23.6 Å². The van der Waals surface area contributed by atoms with Crippen molar-refractivity contribution in [2.75, 3.05) is 18.1 Å². The lowest BCUT2D eigenvalue weighted by atomic mass is 9.70. The van der Waals surface area contributed by atoms with Gasteiger partial charge in [-0.25, -0.2) is 12.8 Å². The van der Waals surface area contributed by atoms with Crippen molar-refractivity contribution in [1.29, 1.82) is 0 Å². The summed E-state index contributed by atoms with van der Waals surface area (Å²) < 4.78 is 45.5. The number of aromatic nitrogens is 1. The fourth-order valence-corrected chi connectivity index (χ4v) is 4.56. The third-order valence-corrected chi connectivity index (χ3v) is 6.03. The predicted molar refractivity (Wildman–Crippen MR) is 111 cm³/mol. The van der Waals surface area contributed by atoms with E-state index >= 15 is 0 Å². The van der Waals surface area contributed by atoms with Crippen molar-refractivity contribution in [3.8, 4) is 5.75 Å². The molecule has 0 aliphatic heterocycles. The number of aromatic amines is 1. The number of hydrogen-bond donors (Lipinski definition) is 2. The van der Waals surface area contributed by atoms with Gasteiger partial charge in [-0.3, -0.25) is 4.72 Å². The Balaban J connectivity index is 2.22. The lowest BCUT2D eigenvalue weighted by molar-refractivity contribution is 0.384. The van der Waals surface area contributed by atoms with E-state index in [-0.39, 0.29) is 5.75 Å². The number of fused-ring (bicyclic) bond motifs is 1. The van der Waals surface area contributed by atoms with Crippen molar-refractivity contribution < 1.29 is 17.5 Å². The number of anilines is 1. The quantitative estimate of drug-likeness (QED) is 0.595. The van der Waals surface area contributed by atoms with Crippen LogP contribution in [0.15, 0.2) is 42.6 Å². The molecule has 0 aliphatic carbocycles. The van der Waals surface area contributed by atoms with Crippen LogP contribution in [0.4, 0.5) is 10.1 Å². The van der Waals surface area contributed by atoms with Crippen LogP contribution in [0.3, 0.4) is 0 Å². The van der Waals surface area contributed by atoms with Crippen LogP contribution in [-0.4, -0.2) is 26.8 Å². The third-order valence-electron chi connectivity index (χ3n) is 5.44. The van der Waals surface area contributed by atoms with Gasteiger partial charge in [-0.05, 0) is 42.2 Å². The number of sulfonamides is 1. The number of nitrogens with one attached hydrogen (secondary N) is 2. The van der Waals surface area contributed by atoms with Crippen molar-refractivity contribution in [3.05, 3.63) is 59.5 Å². The monoisotopic (exact) mass is 404 g/mol. The van der Waals surface area contributed by atoms with Crippen LogP contribution in [0.25, 0.3) is 10.9 Å². The van der Waals surface area contributed by atoms with Gasteiger partial charge in [0.05, 0.1) is 24.6 Å². The Kier molecular flexibility index (Phi) is 5.39. The number of halogens is 1. The van der Waals surface area contributed by atoms with Crippen molar-refractivity contribution in [2.24, 2.45) is 0 Å². The molecule has 28 heavy (non-hydrogen) atoms. The molecular weight excluding hydrogens is 379 g/mol. The number of benzene rings is 2. The standard InChI is InChI=1S/C21H25FN2O3S/c1-5-21(6-2,14-10-11-19(27-3)17(22)12-14)16-13-23-20-15(16)8-7-9-18(20)24-28(4,25)26/h7-13,23-24H,5-6H2,1-4H3. The van der Waals surface area contributed by atoms with Crippen LogP contribution in [0, 0.1) is 5.82 Å². The Morgan fingerprint density at radius 2 is 1.89 bits per heavy atom. The van der Waals surface area contributed by atoms with Crippen LogP contribution in [0.5, 0.6) is 5.75 Å². The molecule has 0 atom stereocenters. The minimum absolute atomic E-state index is 0.212. The van der Waals surface area contributed by atoms with E-state index in [9.17, 15) is 12.8 Å². The molecular formula is C21H25FN2O3S. The summed E-state index contributed by atoms with van der Waals surface area (Å²) >= 11 is 0. The molecule has 2 aromatic carbocycles. The molecule has 0 saturated heterocycles. The molecule has 1 aromatic heterocycles. The Morgan fingerprint density at radius 3 is 2.46 bits per heavy atom. The van der Waals surface area contributed by atoms with Crippen molar-refractivity contribution in [3.63, 3.8) is 0 Å². The van der Waals surface area contributed by atoms with Crippen molar-refractivity contribution in [1.82, 2.24) is 4.98 Å². The zero-order valence-corrected chi connectivity index (χ0v) is 17.3. The molecule has 150 valence electrons.